The maximum absolute atomic E-state index is 12.0. The van der Waals surface area contributed by atoms with Crippen LogP contribution in [0.3, 0.4) is 0 Å². The van der Waals surface area contributed by atoms with Gasteiger partial charge in [0.25, 0.3) is 0 Å². The van der Waals surface area contributed by atoms with Crippen LogP contribution in [-0.4, -0.2) is 46.9 Å². The van der Waals surface area contributed by atoms with Crippen LogP contribution in [0.1, 0.15) is 25.7 Å². The third kappa shape index (κ3) is 3.84. The van der Waals surface area contributed by atoms with Gasteiger partial charge in [0.05, 0.1) is 5.75 Å². The van der Waals surface area contributed by atoms with Gasteiger partial charge in [0.2, 0.25) is 11.0 Å². The molecule has 1 aromatic rings. The van der Waals surface area contributed by atoms with E-state index in [9.17, 15) is 4.79 Å². The van der Waals surface area contributed by atoms with Crippen molar-refractivity contribution in [1.82, 2.24) is 15.1 Å². The third-order valence-corrected chi connectivity index (χ3v) is 4.96. The molecule has 0 radical (unpaired) electrons. The number of nitrogens with one attached hydrogen (secondary N) is 1. The molecule has 2 heterocycles. The number of rotatable bonds is 4. The molecule has 1 aliphatic heterocycles. The number of thioether (sulfide) groups is 1. The Kier molecular flexibility index (Phi) is 5.25. The lowest BCUT2D eigenvalue weighted by Crippen LogP contribution is -2.33. The van der Waals surface area contributed by atoms with Crippen molar-refractivity contribution < 1.29 is 4.79 Å². The van der Waals surface area contributed by atoms with Gasteiger partial charge in [-0.1, -0.05) is 35.9 Å². The van der Waals surface area contributed by atoms with Crippen LogP contribution >= 0.6 is 23.1 Å². The van der Waals surface area contributed by atoms with Crippen molar-refractivity contribution >= 4 is 34.1 Å². The van der Waals surface area contributed by atoms with Gasteiger partial charge in [-0.05, 0) is 12.8 Å². The molecule has 0 aliphatic carbocycles. The van der Waals surface area contributed by atoms with Gasteiger partial charge in [0.1, 0.15) is 0 Å². The lowest BCUT2D eigenvalue weighted by Gasteiger charge is -2.19. The summed E-state index contributed by atoms with van der Waals surface area (Å²) in [6.45, 7) is 1.83. The molecule has 1 saturated heterocycles. The molecule has 1 aromatic heterocycles. The van der Waals surface area contributed by atoms with E-state index in [-0.39, 0.29) is 5.91 Å². The third-order valence-electron chi connectivity index (χ3n) is 2.90. The number of likely N-dealkylation sites (tertiary alicyclic amines) is 1. The summed E-state index contributed by atoms with van der Waals surface area (Å²) in [6, 6.07) is 0. The molecule has 100 valence electrons. The van der Waals surface area contributed by atoms with Gasteiger partial charge in [-0.3, -0.25) is 4.79 Å². The Morgan fingerprint density at radius 1 is 1.33 bits per heavy atom. The lowest BCUT2D eigenvalue weighted by molar-refractivity contribution is -0.128. The molecule has 0 spiro atoms. The van der Waals surface area contributed by atoms with Crippen LogP contribution in [0.15, 0.2) is 4.34 Å². The Morgan fingerprint density at radius 3 is 2.67 bits per heavy atom. The van der Waals surface area contributed by atoms with E-state index < -0.39 is 0 Å². The summed E-state index contributed by atoms with van der Waals surface area (Å²) in [6.07, 6.45) is 4.77. The summed E-state index contributed by atoms with van der Waals surface area (Å²) in [5.74, 6) is 0.696. The van der Waals surface area contributed by atoms with Crippen molar-refractivity contribution in [2.24, 2.45) is 0 Å². The smallest absolute Gasteiger partial charge is 0.233 e. The second-order valence-corrected chi connectivity index (χ2v) is 6.41. The minimum atomic E-state index is 0.225. The van der Waals surface area contributed by atoms with E-state index in [1.165, 1.54) is 35.9 Å². The number of carbonyl (C=O) groups is 1. The summed E-state index contributed by atoms with van der Waals surface area (Å²) in [7, 11) is 1.82. The van der Waals surface area contributed by atoms with E-state index in [2.05, 4.69) is 15.5 Å². The molecular formula is C11H18N4OS2. The number of nitrogens with zero attached hydrogens (tertiary/aromatic N) is 3. The Hall–Kier alpha value is -0.820. The molecule has 1 N–H and O–H groups in total. The zero-order valence-corrected chi connectivity index (χ0v) is 12.1. The highest BCUT2D eigenvalue weighted by Crippen LogP contribution is 2.25. The second-order valence-electron chi connectivity index (χ2n) is 4.21. The van der Waals surface area contributed by atoms with Crippen LogP contribution in [-0.2, 0) is 4.79 Å². The van der Waals surface area contributed by atoms with Crippen LogP contribution in [0.4, 0.5) is 5.13 Å². The van der Waals surface area contributed by atoms with Gasteiger partial charge in [0.15, 0.2) is 4.34 Å². The van der Waals surface area contributed by atoms with Gasteiger partial charge in [-0.15, -0.1) is 10.2 Å². The number of aromatic nitrogens is 2. The van der Waals surface area contributed by atoms with E-state index in [4.69, 9.17) is 0 Å². The summed E-state index contributed by atoms with van der Waals surface area (Å²) in [5, 5.41) is 11.7. The lowest BCUT2D eigenvalue weighted by atomic mass is 10.2. The van der Waals surface area contributed by atoms with Gasteiger partial charge >= 0.3 is 0 Å². The molecule has 0 aromatic carbocycles. The summed E-state index contributed by atoms with van der Waals surface area (Å²) in [4.78, 5) is 14.0. The van der Waals surface area contributed by atoms with Gasteiger partial charge in [-0.2, -0.15) is 0 Å². The SMILES string of the molecule is CNc1nnc(SCC(=O)N2CCCCCC2)s1. The first-order valence-electron chi connectivity index (χ1n) is 6.21. The molecule has 0 atom stereocenters. The number of hydrogen-bond donors (Lipinski definition) is 1. The molecule has 0 saturated carbocycles. The Morgan fingerprint density at radius 2 is 2.06 bits per heavy atom. The molecule has 5 nitrogen and oxygen atoms in total. The molecule has 2 rings (SSSR count). The maximum atomic E-state index is 12.0. The first-order valence-corrected chi connectivity index (χ1v) is 8.01. The Balaban J connectivity index is 1.79. The van der Waals surface area contributed by atoms with Crippen LogP contribution in [0.5, 0.6) is 0 Å². The fraction of sp³-hybridized carbons (Fsp3) is 0.727. The molecule has 7 heteroatoms. The molecule has 0 unspecified atom stereocenters. The molecule has 1 fully saturated rings. The number of carbonyl (C=O) groups excluding carboxylic acids is 1. The van der Waals surface area contributed by atoms with Crippen molar-refractivity contribution in [2.75, 3.05) is 31.2 Å². The minimum absolute atomic E-state index is 0.225. The highest BCUT2D eigenvalue weighted by molar-refractivity contribution is 8.01. The standard InChI is InChI=1S/C11H18N4OS2/c1-12-10-13-14-11(18-10)17-8-9(16)15-6-4-2-3-5-7-15/h2-8H2,1H3,(H,12,13). The number of amides is 1. The van der Waals surface area contributed by atoms with Crippen molar-refractivity contribution in [3.8, 4) is 0 Å². The summed E-state index contributed by atoms with van der Waals surface area (Å²) in [5.41, 5.74) is 0. The minimum Gasteiger partial charge on any atom is -0.363 e. The first kappa shape index (κ1) is 13.6. The molecule has 0 bridgehead atoms. The number of anilines is 1. The van der Waals surface area contributed by atoms with Crippen molar-refractivity contribution in [2.45, 2.75) is 30.0 Å². The molecular weight excluding hydrogens is 268 g/mol. The zero-order valence-electron chi connectivity index (χ0n) is 10.5. The topological polar surface area (TPSA) is 58.1 Å². The average molecular weight is 286 g/mol. The van der Waals surface area contributed by atoms with Crippen LogP contribution in [0, 0.1) is 0 Å². The second kappa shape index (κ2) is 6.94. The highest BCUT2D eigenvalue weighted by atomic mass is 32.2. The monoisotopic (exact) mass is 286 g/mol. The first-order chi connectivity index (χ1) is 8.79. The van der Waals surface area contributed by atoms with Crippen molar-refractivity contribution in [1.29, 1.82) is 0 Å². The quantitative estimate of drug-likeness (QED) is 0.859. The zero-order chi connectivity index (χ0) is 12.8. The van der Waals surface area contributed by atoms with Crippen LogP contribution in [0.25, 0.3) is 0 Å². The van der Waals surface area contributed by atoms with Gasteiger partial charge < -0.3 is 10.2 Å². The predicted molar refractivity (Wildman–Crippen MR) is 75.2 cm³/mol. The van der Waals surface area contributed by atoms with E-state index in [0.717, 1.165) is 35.4 Å². The van der Waals surface area contributed by atoms with E-state index in [0.29, 0.717) is 5.75 Å². The van der Waals surface area contributed by atoms with Gasteiger partial charge in [0, 0.05) is 20.1 Å². The van der Waals surface area contributed by atoms with Crippen LogP contribution in [0.2, 0.25) is 0 Å². The van der Waals surface area contributed by atoms with E-state index in [1.807, 2.05) is 11.9 Å². The summed E-state index contributed by atoms with van der Waals surface area (Å²) >= 11 is 2.96. The van der Waals surface area contributed by atoms with Crippen LogP contribution < -0.4 is 5.32 Å². The fourth-order valence-electron chi connectivity index (χ4n) is 1.90. The van der Waals surface area contributed by atoms with E-state index >= 15 is 0 Å². The Bertz CT molecular complexity index is 388. The Labute approximate surface area is 115 Å². The fourth-order valence-corrected chi connectivity index (χ4v) is 3.51. The highest BCUT2D eigenvalue weighted by Gasteiger charge is 2.16. The largest absolute Gasteiger partial charge is 0.363 e. The normalized spacial score (nSPS) is 16.4. The summed E-state index contributed by atoms with van der Waals surface area (Å²) < 4.78 is 0.850. The maximum Gasteiger partial charge on any atom is 0.233 e. The number of hydrogen-bond acceptors (Lipinski definition) is 6. The van der Waals surface area contributed by atoms with Gasteiger partial charge in [-0.25, -0.2) is 0 Å². The predicted octanol–water partition coefficient (Wildman–Crippen LogP) is 2.07. The molecule has 1 amide bonds. The van der Waals surface area contributed by atoms with Crippen molar-refractivity contribution in [3.63, 3.8) is 0 Å². The van der Waals surface area contributed by atoms with E-state index in [1.54, 1.807) is 0 Å². The molecule has 1 aliphatic rings. The van der Waals surface area contributed by atoms with Crippen molar-refractivity contribution in [3.05, 3.63) is 0 Å². The average Bonchev–Trinajstić information content (AvgIpc) is 2.68. The molecule has 18 heavy (non-hydrogen) atoms.